The number of carbonyl (C=O) groups is 2. The van der Waals surface area contributed by atoms with Crippen LogP contribution in [0.15, 0.2) is 42.6 Å². The number of aromatic nitrogens is 1. The van der Waals surface area contributed by atoms with Gasteiger partial charge in [0.15, 0.2) is 0 Å². The molecule has 1 aromatic heterocycles. The van der Waals surface area contributed by atoms with Crippen LogP contribution in [0.25, 0.3) is 11.1 Å². The average molecular weight is 578 g/mol. The molecule has 1 atom stereocenters. The molecule has 3 heterocycles. The lowest BCUT2D eigenvalue weighted by Crippen LogP contribution is -2.53. The Hall–Kier alpha value is -3.18. The molecule has 1 aliphatic carbocycles. The number of benzene rings is 1. The Morgan fingerprint density at radius 3 is 2.22 bits per heavy atom. The zero-order valence-corrected chi connectivity index (χ0v) is 23.3. The number of hydrogen-bond donors (Lipinski definition) is 1. The number of methoxy groups -OCH3 is 1. The van der Waals surface area contributed by atoms with Crippen molar-refractivity contribution >= 4 is 12.4 Å². The number of amides is 1. The summed E-state index contributed by atoms with van der Waals surface area (Å²) in [7, 11) is 1.31. The van der Waals surface area contributed by atoms with Crippen molar-refractivity contribution in [1.82, 2.24) is 14.8 Å². The largest absolute Gasteiger partial charge is 0.477 e. The lowest BCUT2D eigenvalue weighted by Gasteiger charge is -2.47. The van der Waals surface area contributed by atoms with Gasteiger partial charge in [-0.25, -0.2) is 4.98 Å². The summed E-state index contributed by atoms with van der Waals surface area (Å²) in [6.07, 6.45) is 0.643. The first kappa shape index (κ1) is 30.8. The van der Waals surface area contributed by atoms with Gasteiger partial charge in [0.25, 0.3) is 12.4 Å². The summed E-state index contributed by atoms with van der Waals surface area (Å²) in [6.45, 7) is 3.31. The van der Waals surface area contributed by atoms with Crippen LogP contribution in [-0.2, 0) is 9.53 Å². The lowest BCUT2D eigenvalue weighted by molar-refractivity contribution is -0.256. The summed E-state index contributed by atoms with van der Waals surface area (Å²) in [6, 6.07) is 11.1. The number of nitrogens with zero attached hydrogens (tertiary/aromatic N) is 3. The maximum absolute atomic E-state index is 13.5. The third-order valence-corrected chi connectivity index (χ3v) is 8.36. The van der Waals surface area contributed by atoms with Gasteiger partial charge in [0, 0.05) is 43.0 Å². The molecule has 8 nitrogen and oxygen atoms in total. The molecule has 3 fully saturated rings. The Bertz CT molecular complexity index is 1130. The molecule has 3 aliphatic rings. The second-order valence-electron chi connectivity index (χ2n) is 11.2. The van der Waals surface area contributed by atoms with E-state index in [9.17, 15) is 23.1 Å². The lowest BCUT2D eigenvalue weighted by atomic mass is 9.67. The van der Waals surface area contributed by atoms with Crippen molar-refractivity contribution in [1.29, 1.82) is 0 Å². The molecule has 5 rings (SSSR count). The normalized spacial score (nSPS) is 20.9. The van der Waals surface area contributed by atoms with Crippen LogP contribution in [0.1, 0.15) is 48.9 Å². The highest BCUT2D eigenvalue weighted by Crippen LogP contribution is 2.53. The fraction of sp³-hybridized carbons (Fsp3) is 0.567. The highest BCUT2D eigenvalue weighted by molar-refractivity contribution is 5.95. The number of piperidine rings is 1. The second-order valence-corrected chi connectivity index (χ2v) is 11.2. The highest BCUT2D eigenvalue weighted by Gasteiger charge is 2.58. The summed E-state index contributed by atoms with van der Waals surface area (Å²) in [5.74, 6) is 0.762. The van der Waals surface area contributed by atoms with Crippen LogP contribution in [0.2, 0.25) is 0 Å². The molecular formula is C30H38F3N3O5. The van der Waals surface area contributed by atoms with Crippen molar-refractivity contribution in [2.45, 2.75) is 50.8 Å². The van der Waals surface area contributed by atoms with Crippen LogP contribution in [0.5, 0.6) is 5.88 Å². The van der Waals surface area contributed by atoms with Crippen molar-refractivity contribution < 1.29 is 37.3 Å². The van der Waals surface area contributed by atoms with Gasteiger partial charge in [0.05, 0.1) is 25.2 Å². The van der Waals surface area contributed by atoms with Crippen LogP contribution in [0, 0.1) is 11.3 Å². The highest BCUT2D eigenvalue weighted by atomic mass is 19.4. The van der Waals surface area contributed by atoms with Gasteiger partial charge in [0.1, 0.15) is 0 Å². The fourth-order valence-electron chi connectivity index (χ4n) is 5.63. The fourth-order valence-corrected chi connectivity index (χ4v) is 5.63. The smallest absolute Gasteiger partial charge is 0.395 e. The Kier molecular flexibility index (Phi) is 10.2. The van der Waals surface area contributed by atoms with Crippen LogP contribution in [0.3, 0.4) is 0 Å². The number of likely N-dealkylation sites (tertiary alicyclic amines) is 2. The topological polar surface area (TPSA) is 92.2 Å². The predicted molar refractivity (Wildman–Crippen MR) is 146 cm³/mol. The molecule has 1 unspecified atom stereocenters. The van der Waals surface area contributed by atoms with Crippen molar-refractivity contribution in [3.05, 3.63) is 48.2 Å². The maximum atomic E-state index is 13.5. The molecule has 0 spiro atoms. The third kappa shape index (κ3) is 7.77. The molecular weight excluding hydrogens is 539 g/mol. The number of alkyl halides is 3. The number of halogens is 3. The number of carbonyl (C=O) groups excluding carboxylic acids is 2. The monoisotopic (exact) mass is 577 g/mol. The van der Waals surface area contributed by atoms with Gasteiger partial charge < -0.3 is 24.4 Å². The van der Waals surface area contributed by atoms with Gasteiger partial charge in [-0.15, -0.1) is 0 Å². The Labute approximate surface area is 238 Å². The van der Waals surface area contributed by atoms with Crippen molar-refractivity contribution in [2.75, 3.05) is 46.4 Å². The number of aliphatic hydroxyl groups is 1. The SMILES string of the molecule is COC=O.O=C(c1ccc(-c2ccc(OCC3CCN(CC4(C(F)(F)F)CCC4)CC3)nc2)cc1)N1CCC(O)C1. The molecule has 2 aliphatic heterocycles. The van der Waals surface area contributed by atoms with E-state index in [-0.39, 0.29) is 25.3 Å². The van der Waals surface area contributed by atoms with Crippen LogP contribution < -0.4 is 4.74 Å². The van der Waals surface area contributed by atoms with E-state index in [4.69, 9.17) is 9.53 Å². The average Bonchev–Trinajstić information content (AvgIpc) is 3.40. The molecule has 2 aromatic rings. The van der Waals surface area contributed by atoms with Gasteiger partial charge in [-0.1, -0.05) is 18.6 Å². The molecule has 2 saturated heterocycles. The first-order valence-electron chi connectivity index (χ1n) is 14.1. The second kappa shape index (κ2) is 13.7. The van der Waals surface area contributed by atoms with Gasteiger partial charge in [-0.05, 0) is 74.9 Å². The predicted octanol–water partition coefficient (Wildman–Crippen LogP) is 4.57. The van der Waals surface area contributed by atoms with E-state index in [1.807, 2.05) is 29.2 Å². The minimum Gasteiger partial charge on any atom is -0.477 e. The van der Waals surface area contributed by atoms with Crippen molar-refractivity contribution in [2.24, 2.45) is 11.3 Å². The van der Waals surface area contributed by atoms with Crippen LogP contribution in [0.4, 0.5) is 13.2 Å². The van der Waals surface area contributed by atoms with Crippen LogP contribution >= 0.6 is 0 Å². The quantitative estimate of drug-likeness (QED) is 0.460. The van der Waals surface area contributed by atoms with Crippen molar-refractivity contribution in [3.8, 4) is 17.0 Å². The molecule has 224 valence electrons. The summed E-state index contributed by atoms with van der Waals surface area (Å²) in [5, 5.41) is 9.66. The minimum atomic E-state index is -4.11. The van der Waals surface area contributed by atoms with Gasteiger partial charge in [0.2, 0.25) is 5.88 Å². The maximum Gasteiger partial charge on any atom is 0.395 e. The summed E-state index contributed by atoms with van der Waals surface area (Å²) in [4.78, 5) is 29.6. The van der Waals surface area contributed by atoms with Crippen LogP contribution in [-0.4, -0.2) is 91.0 Å². The molecule has 41 heavy (non-hydrogen) atoms. The van der Waals surface area contributed by atoms with Gasteiger partial charge >= 0.3 is 6.18 Å². The molecule has 1 N–H and O–H groups in total. The number of aliphatic hydroxyl groups excluding tert-OH is 1. The van der Waals surface area contributed by atoms with Gasteiger partial charge in [-0.2, -0.15) is 13.2 Å². The number of ether oxygens (including phenoxy) is 2. The van der Waals surface area contributed by atoms with E-state index in [2.05, 4.69) is 9.72 Å². The van der Waals surface area contributed by atoms with E-state index in [1.54, 1.807) is 23.2 Å². The summed E-state index contributed by atoms with van der Waals surface area (Å²) < 4.78 is 50.2. The Balaban J connectivity index is 0.000000909. The Morgan fingerprint density at radius 1 is 1.07 bits per heavy atom. The Morgan fingerprint density at radius 2 is 1.73 bits per heavy atom. The molecule has 1 aromatic carbocycles. The molecule has 0 bridgehead atoms. The number of rotatable bonds is 8. The zero-order chi connectivity index (χ0) is 29.5. The van der Waals surface area contributed by atoms with E-state index >= 15 is 0 Å². The van der Waals surface area contributed by atoms with E-state index < -0.39 is 17.7 Å². The number of β-amino-alcohol motifs (C(OH)–C–C–N with tert-alkyl or cyclic N) is 1. The van der Waals surface area contributed by atoms with Gasteiger partial charge in [-0.3, -0.25) is 9.59 Å². The third-order valence-electron chi connectivity index (χ3n) is 8.36. The molecule has 0 radical (unpaired) electrons. The summed E-state index contributed by atoms with van der Waals surface area (Å²) >= 11 is 0. The zero-order valence-electron chi connectivity index (χ0n) is 23.3. The first-order valence-corrected chi connectivity index (χ1v) is 14.1. The summed E-state index contributed by atoms with van der Waals surface area (Å²) in [5.41, 5.74) is 0.950. The van der Waals surface area contributed by atoms with E-state index in [0.29, 0.717) is 69.5 Å². The molecule has 1 saturated carbocycles. The number of hydrogen-bond acceptors (Lipinski definition) is 7. The van der Waals surface area contributed by atoms with Crippen molar-refractivity contribution in [3.63, 3.8) is 0 Å². The minimum absolute atomic E-state index is 0.0706. The first-order chi connectivity index (χ1) is 19.6. The van der Waals surface area contributed by atoms with E-state index in [1.165, 1.54) is 7.11 Å². The van der Waals surface area contributed by atoms with E-state index in [0.717, 1.165) is 24.0 Å². The standard InChI is InChI=1S/C28H34F3N3O3.C2H4O2/c29-28(30,31)27(11-1-12-27)19-33-13-8-20(9-14-33)18-37-25-7-6-23(16-32-25)21-2-4-22(5-3-21)26(36)34-15-10-24(35)17-34;1-4-2-3/h2-7,16,20,24,35H,1,8-15,17-19H2;2H,1H3. The molecule has 11 heteroatoms. The number of pyridine rings is 1. The molecule has 1 amide bonds.